The predicted octanol–water partition coefficient (Wildman–Crippen LogP) is 4.14. The smallest absolute Gasteiger partial charge is 0.191 e. The average Bonchev–Trinajstić information content (AvgIpc) is 3.21. The van der Waals surface area contributed by atoms with E-state index in [1.54, 1.807) is 0 Å². The summed E-state index contributed by atoms with van der Waals surface area (Å²) >= 11 is 0. The van der Waals surface area contributed by atoms with E-state index in [-0.39, 0.29) is 24.0 Å². The van der Waals surface area contributed by atoms with Crippen molar-refractivity contribution >= 4 is 29.9 Å². The van der Waals surface area contributed by atoms with Crippen LogP contribution in [0.4, 0.5) is 0 Å². The molecule has 1 aliphatic heterocycles. The summed E-state index contributed by atoms with van der Waals surface area (Å²) in [5.41, 5.74) is 2.37. The molecule has 0 spiro atoms. The molecule has 1 aliphatic rings. The van der Waals surface area contributed by atoms with Crippen molar-refractivity contribution in [2.75, 3.05) is 19.6 Å². The maximum atomic E-state index is 5.34. The molecule has 2 heterocycles. The Labute approximate surface area is 191 Å². The molecule has 3 rings (SSSR count). The average molecular weight is 511 g/mol. The van der Waals surface area contributed by atoms with Gasteiger partial charge in [0, 0.05) is 37.8 Å². The minimum Gasteiger partial charge on any atom is -0.359 e. The molecule has 0 aliphatic carbocycles. The normalized spacial score (nSPS) is 16.9. The third kappa shape index (κ3) is 6.99. The number of aromatic nitrogens is 1. The topological polar surface area (TPSA) is 65.7 Å². The van der Waals surface area contributed by atoms with Crippen LogP contribution in [-0.2, 0) is 13.0 Å². The summed E-state index contributed by atoms with van der Waals surface area (Å²) in [5.74, 6) is 1.66. The van der Waals surface area contributed by atoms with Gasteiger partial charge in [0.25, 0.3) is 0 Å². The van der Waals surface area contributed by atoms with E-state index in [0.717, 1.165) is 56.3 Å². The Morgan fingerprint density at radius 2 is 1.97 bits per heavy atom. The first-order chi connectivity index (χ1) is 13.7. The molecule has 0 radical (unpaired) electrons. The van der Waals surface area contributed by atoms with Crippen LogP contribution in [0.15, 0.2) is 45.9 Å². The zero-order valence-corrected chi connectivity index (χ0v) is 20.1. The number of halogens is 1. The summed E-state index contributed by atoms with van der Waals surface area (Å²) in [6, 6.07) is 13.7. The van der Waals surface area contributed by atoms with Crippen molar-refractivity contribution in [1.29, 1.82) is 0 Å². The number of piperidine rings is 1. The highest BCUT2D eigenvalue weighted by molar-refractivity contribution is 14.0. The first-order valence-corrected chi connectivity index (χ1v) is 10.5. The molecule has 1 atom stereocenters. The van der Waals surface area contributed by atoms with Crippen LogP contribution in [0.1, 0.15) is 56.7 Å². The Morgan fingerprint density at radius 1 is 1.24 bits per heavy atom. The number of hydrogen-bond acceptors (Lipinski definition) is 4. The van der Waals surface area contributed by atoms with Crippen molar-refractivity contribution in [3.05, 3.63) is 53.4 Å². The maximum absolute atomic E-state index is 5.34. The monoisotopic (exact) mass is 511 g/mol. The van der Waals surface area contributed by atoms with Gasteiger partial charge in [0.05, 0.1) is 5.69 Å². The first-order valence-electron chi connectivity index (χ1n) is 10.5. The molecule has 6 nitrogen and oxygen atoms in total. The molecular weight excluding hydrogens is 477 g/mol. The van der Waals surface area contributed by atoms with Gasteiger partial charge in [0.1, 0.15) is 6.54 Å². The van der Waals surface area contributed by atoms with E-state index in [9.17, 15) is 0 Å². The highest BCUT2D eigenvalue weighted by Gasteiger charge is 2.24. The van der Waals surface area contributed by atoms with Gasteiger partial charge in [-0.25, -0.2) is 4.99 Å². The molecule has 1 fully saturated rings. The first kappa shape index (κ1) is 23.7. The fourth-order valence-corrected chi connectivity index (χ4v) is 3.64. The molecule has 1 unspecified atom stereocenters. The maximum Gasteiger partial charge on any atom is 0.191 e. The fraction of sp³-hybridized carbons (Fsp3) is 0.545. The zero-order valence-electron chi connectivity index (χ0n) is 17.7. The van der Waals surface area contributed by atoms with E-state index in [2.05, 4.69) is 76.8 Å². The Bertz CT molecular complexity index is 741. The molecule has 7 heteroatoms. The SMILES string of the molecule is CCNC(=NCc1cc(CC)no1)NC1CCN(C(C)c2ccccc2)CC1.I. The van der Waals surface area contributed by atoms with Crippen molar-refractivity contribution in [2.24, 2.45) is 4.99 Å². The van der Waals surface area contributed by atoms with Crippen molar-refractivity contribution < 1.29 is 4.52 Å². The van der Waals surface area contributed by atoms with Gasteiger partial charge in [0.2, 0.25) is 0 Å². The van der Waals surface area contributed by atoms with Crippen LogP contribution in [-0.4, -0.2) is 41.7 Å². The molecule has 0 bridgehead atoms. The molecule has 2 N–H and O–H groups in total. The minimum absolute atomic E-state index is 0. The van der Waals surface area contributed by atoms with E-state index in [1.165, 1.54) is 5.56 Å². The third-order valence-electron chi connectivity index (χ3n) is 5.41. The van der Waals surface area contributed by atoms with Crippen LogP contribution in [0.5, 0.6) is 0 Å². The van der Waals surface area contributed by atoms with Gasteiger partial charge in [-0.3, -0.25) is 4.90 Å². The fourth-order valence-electron chi connectivity index (χ4n) is 3.64. The lowest BCUT2D eigenvalue weighted by molar-refractivity contribution is 0.158. The summed E-state index contributed by atoms with van der Waals surface area (Å²) in [4.78, 5) is 7.24. The molecule has 1 aromatic carbocycles. The second-order valence-electron chi connectivity index (χ2n) is 7.37. The number of nitrogens with zero attached hydrogens (tertiary/aromatic N) is 3. The summed E-state index contributed by atoms with van der Waals surface area (Å²) in [5, 5.41) is 11.0. The van der Waals surface area contributed by atoms with Crippen LogP contribution < -0.4 is 10.6 Å². The molecule has 29 heavy (non-hydrogen) atoms. The van der Waals surface area contributed by atoms with E-state index in [1.807, 2.05) is 6.07 Å². The summed E-state index contributed by atoms with van der Waals surface area (Å²) < 4.78 is 5.34. The van der Waals surface area contributed by atoms with Gasteiger partial charge in [-0.05, 0) is 38.7 Å². The molecule has 1 saturated heterocycles. The number of guanidine groups is 1. The van der Waals surface area contributed by atoms with Crippen LogP contribution in [0.25, 0.3) is 0 Å². The van der Waals surface area contributed by atoms with Gasteiger partial charge in [-0.15, -0.1) is 24.0 Å². The largest absolute Gasteiger partial charge is 0.359 e. The number of aliphatic imine (C=N–C) groups is 1. The Hall–Kier alpha value is -1.61. The van der Waals surface area contributed by atoms with E-state index in [0.29, 0.717) is 18.6 Å². The Balaban J connectivity index is 0.00000300. The summed E-state index contributed by atoms with van der Waals surface area (Å²) in [7, 11) is 0. The molecule has 160 valence electrons. The highest BCUT2D eigenvalue weighted by Crippen LogP contribution is 2.24. The van der Waals surface area contributed by atoms with Crippen LogP contribution >= 0.6 is 24.0 Å². The molecule has 0 amide bonds. The summed E-state index contributed by atoms with van der Waals surface area (Å²) in [6.45, 7) is 9.99. The van der Waals surface area contributed by atoms with Crippen LogP contribution in [0, 0.1) is 0 Å². The van der Waals surface area contributed by atoms with E-state index < -0.39 is 0 Å². The number of likely N-dealkylation sites (tertiary alicyclic amines) is 1. The van der Waals surface area contributed by atoms with Gasteiger partial charge >= 0.3 is 0 Å². The second-order valence-corrected chi connectivity index (χ2v) is 7.37. The standard InChI is InChI=1S/C22H33N5O.HI/c1-4-19-15-21(28-26-19)16-24-22(23-5-2)25-20-11-13-27(14-12-20)17(3)18-9-7-6-8-10-18;/h6-10,15,17,20H,4-5,11-14,16H2,1-3H3,(H2,23,24,25);1H. The molecule has 1 aromatic heterocycles. The lowest BCUT2D eigenvalue weighted by Gasteiger charge is -2.37. The predicted molar refractivity (Wildman–Crippen MR) is 129 cm³/mol. The number of rotatable bonds is 7. The Kier molecular flexibility index (Phi) is 9.93. The third-order valence-corrected chi connectivity index (χ3v) is 5.41. The van der Waals surface area contributed by atoms with Gasteiger partial charge in [-0.1, -0.05) is 42.4 Å². The number of benzene rings is 1. The van der Waals surface area contributed by atoms with Crippen LogP contribution in [0.3, 0.4) is 0 Å². The summed E-state index contributed by atoms with van der Waals surface area (Å²) in [6.07, 6.45) is 3.11. The van der Waals surface area contributed by atoms with Crippen molar-refractivity contribution in [3.8, 4) is 0 Å². The quantitative estimate of drug-likeness (QED) is 0.333. The zero-order chi connectivity index (χ0) is 19.8. The number of hydrogen-bond donors (Lipinski definition) is 2. The number of nitrogens with one attached hydrogen (secondary N) is 2. The van der Waals surface area contributed by atoms with E-state index in [4.69, 9.17) is 4.52 Å². The van der Waals surface area contributed by atoms with Gasteiger partial charge < -0.3 is 15.2 Å². The van der Waals surface area contributed by atoms with E-state index >= 15 is 0 Å². The lowest BCUT2D eigenvalue weighted by Crippen LogP contribution is -2.49. The highest BCUT2D eigenvalue weighted by atomic mass is 127. The van der Waals surface area contributed by atoms with Crippen molar-refractivity contribution in [2.45, 2.75) is 58.7 Å². The van der Waals surface area contributed by atoms with Crippen molar-refractivity contribution in [1.82, 2.24) is 20.7 Å². The number of aryl methyl sites for hydroxylation is 1. The second kappa shape index (κ2) is 12.2. The molecule has 2 aromatic rings. The van der Waals surface area contributed by atoms with Gasteiger partial charge in [0.15, 0.2) is 11.7 Å². The van der Waals surface area contributed by atoms with Gasteiger partial charge in [-0.2, -0.15) is 0 Å². The minimum atomic E-state index is 0. The molecule has 0 saturated carbocycles. The Morgan fingerprint density at radius 3 is 2.59 bits per heavy atom. The lowest BCUT2D eigenvalue weighted by atomic mass is 10.0. The van der Waals surface area contributed by atoms with Crippen molar-refractivity contribution in [3.63, 3.8) is 0 Å². The molecular formula is C22H34IN5O. The van der Waals surface area contributed by atoms with Crippen LogP contribution in [0.2, 0.25) is 0 Å².